The molecule has 6 heteroatoms. The zero-order valence-corrected chi connectivity index (χ0v) is 13.1. The normalized spacial score (nSPS) is 10.6. The summed E-state index contributed by atoms with van der Waals surface area (Å²) >= 11 is 15.2. The van der Waals surface area contributed by atoms with Crippen LogP contribution in [0.2, 0.25) is 10.3 Å². The predicted octanol–water partition coefficient (Wildman–Crippen LogP) is 5.21. The minimum absolute atomic E-state index is 0.280. The Balaban J connectivity index is 2.19. The Bertz CT molecular complexity index is 597. The van der Waals surface area contributed by atoms with Crippen LogP contribution in [0.3, 0.4) is 0 Å². The lowest BCUT2D eigenvalue weighted by atomic mass is 10.2. The van der Waals surface area contributed by atoms with Gasteiger partial charge in [-0.1, -0.05) is 45.2 Å². The van der Waals surface area contributed by atoms with Crippen LogP contribution in [0.4, 0.5) is 10.1 Å². The third-order valence-corrected chi connectivity index (χ3v) is 3.82. The summed E-state index contributed by atoms with van der Waals surface area (Å²) in [4.78, 5) is 3.98. The van der Waals surface area contributed by atoms with E-state index in [0.29, 0.717) is 21.3 Å². The lowest BCUT2D eigenvalue weighted by molar-refractivity contribution is 0.626. The van der Waals surface area contributed by atoms with Gasteiger partial charge in [0.15, 0.2) is 5.15 Å². The minimum atomic E-state index is -0.280. The monoisotopic (exact) mass is 362 g/mol. The third kappa shape index (κ3) is 3.59. The first kappa shape index (κ1) is 14.6. The lowest BCUT2D eigenvalue weighted by Crippen LogP contribution is -2.03. The number of aromatic nitrogens is 1. The first-order valence-corrected chi connectivity index (χ1v) is 7.02. The van der Waals surface area contributed by atoms with Crippen molar-refractivity contribution in [1.82, 2.24) is 4.98 Å². The zero-order valence-electron chi connectivity index (χ0n) is 9.98. The number of aryl methyl sites for hydroxylation is 1. The fourth-order valence-electron chi connectivity index (χ4n) is 1.66. The molecule has 0 bridgehead atoms. The van der Waals surface area contributed by atoms with Crippen LogP contribution in [-0.4, -0.2) is 4.98 Å². The van der Waals surface area contributed by atoms with Crippen LogP contribution in [0.5, 0.6) is 0 Å². The van der Waals surface area contributed by atoms with Crippen LogP contribution in [0.15, 0.2) is 28.7 Å². The van der Waals surface area contributed by atoms with Crippen LogP contribution in [0, 0.1) is 12.7 Å². The Hall–Kier alpha value is -0.840. The molecule has 1 aromatic carbocycles. The standard InChI is InChI=1S/C13H10BrCl2FN2/c1-7-4-11(15)19-13(16)12(7)18-6-8-2-3-9(17)5-10(8)14/h2-5,18H,6H2,1H3. The molecular formula is C13H10BrCl2FN2. The van der Waals surface area contributed by atoms with Crippen molar-refractivity contribution in [3.05, 3.63) is 56.0 Å². The van der Waals surface area contributed by atoms with Crippen LogP contribution < -0.4 is 5.32 Å². The van der Waals surface area contributed by atoms with E-state index >= 15 is 0 Å². The van der Waals surface area contributed by atoms with Crippen LogP contribution in [0.1, 0.15) is 11.1 Å². The quantitative estimate of drug-likeness (QED) is 0.757. The number of hydrogen-bond acceptors (Lipinski definition) is 2. The largest absolute Gasteiger partial charge is 0.378 e. The van der Waals surface area contributed by atoms with Crippen LogP contribution in [-0.2, 0) is 6.54 Å². The summed E-state index contributed by atoms with van der Waals surface area (Å²) in [7, 11) is 0. The molecule has 0 saturated heterocycles. The molecule has 1 aromatic heterocycles. The number of hydrogen-bond donors (Lipinski definition) is 1. The summed E-state index contributed by atoms with van der Waals surface area (Å²) in [6.45, 7) is 2.40. The average molecular weight is 364 g/mol. The average Bonchev–Trinajstić information content (AvgIpc) is 2.30. The third-order valence-electron chi connectivity index (χ3n) is 2.61. The molecule has 0 aliphatic heterocycles. The molecule has 0 aliphatic carbocycles. The summed E-state index contributed by atoms with van der Waals surface area (Å²) < 4.78 is 13.7. The van der Waals surface area contributed by atoms with Gasteiger partial charge in [-0.25, -0.2) is 9.37 Å². The molecular weight excluding hydrogens is 354 g/mol. The van der Waals surface area contributed by atoms with E-state index in [4.69, 9.17) is 23.2 Å². The van der Waals surface area contributed by atoms with Crippen molar-refractivity contribution in [2.24, 2.45) is 0 Å². The summed E-state index contributed by atoms with van der Waals surface area (Å²) in [5, 5.41) is 3.86. The van der Waals surface area contributed by atoms with Gasteiger partial charge in [0.05, 0.1) is 5.69 Å². The Morgan fingerprint density at radius 1 is 1.32 bits per heavy atom. The minimum Gasteiger partial charge on any atom is -0.378 e. The summed E-state index contributed by atoms with van der Waals surface area (Å²) in [5.74, 6) is -0.280. The number of rotatable bonds is 3. The summed E-state index contributed by atoms with van der Waals surface area (Å²) in [5.41, 5.74) is 2.55. The smallest absolute Gasteiger partial charge is 0.154 e. The highest BCUT2D eigenvalue weighted by Gasteiger charge is 2.08. The summed E-state index contributed by atoms with van der Waals surface area (Å²) in [6.07, 6.45) is 0. The molecule has 2 nitrogen and oxygen atoms in total. The molecule has 0 aliphatic rings. The van der Waals surface area contributed by atoms with Gasteiger partial charge in [-0.05, 0) is 36.2 Å². The van der Waals surface area contributed by atoms with E-state index in [1.807, 2.05) is 6.92 Å². The number of pyridine rings is 1. The molecule has 0 saturated carbocycles. The van der Waals surface area contributed by atoms with E-state index in [1.54, 1.807) is 12.1 Å². The fraction of sp³-hybridized carbons (Fsp3) is 0.154. The highest BCUT2D eigenvalue weighted by Crippen LogP contribution is 2.27. The van der Waals surface area contributed by atoms with Crippen molar-refractivity contribution in [2.75, 3.05) is 5.32 Å². The van der Waals surface area contributed by atoms with Gasteiger partial charge in [-0.15, -0.1) is 0 Å². The Morgan fingerprint density at radius 2 is 2.05 bits per heavy atom. The van der Waals surface area contributed by atoms with Gasteiger partial charge < -0.3 is 5.32 Å². The number of anilines is 1. The van der Waals surface area contributed by atoms with E-state index in [-0.39, 0.29) is 5.82 Å². The van der Waals surface area contributed by atoms with Crippen molar-refractivity contribution < 1.29 is 4.39 Å². The van der Waals surface area contributed by atoms with Gasteiger partial charge in [-0.2, -0.15) is 0 Å². The number of nitrogens with one attached hydrogen (secondary N) is 1. The highest BCUT2D eigenvalue weighted by molar-refractivity contribution is 9.10. The van der Waals surface area contributed by atoms with Crippen molar-refractivity contribution in [3.63, 3.8) is 0 Å². The van der Waals surface area contributed by atoms with E-state index in [2.05, 4.69) is 26.2 Å². The van der Waals surface area contributed by atoms with Crippen molar-refractivity contribution >= 4 is 44.8 Å². The Morgan fingerprint density at radius 3 is 2.68 bits per heavy atom. The molecule has 0 unspecified atom stereocenters. The second-order valence-electron chi connectivity index (χ2n) is 4.02. The van der Waals surface area contributed by atoms with Gasteiger partial charge in [0.2, 0.25) is 0 Å². The Kier molecular flexibility index (Phi) is 4.66. The first-order chi connectivity index (χ1) is 8.97. The fourth-order valence-corrected chi connectivity index (χ4v) is 2.75. The van der Waals surface area contributed by atoms with Gasteiger partial charge in [-0.3, -0.25) is 0 Å². The molecule has 0 radical (unpaired) electrons. The molecule has 100 valence electrons. The molecule has 0 atom stereocenters. The van der Waals surface area contributed by atoms with E-state index < -0.39 is 0 Å². The second kappa shape index (κ2) is 6.07. The Labute approximate surface area is 129 Å². The molecule has 0 spiro atoms. The molecule has 0 fully saturated rings. The van der Waals surface area contributed by atoms with E-state index in [0.717, 1.165) is 16.8 Å². The molecule has 1 heterocycles. The SMILES string of the molecule is Cc1cc(Cl)nc(Cl)c1NCc1ccc(F)cc1Br. The van der Waals surface area contributed by atoms with Gasteiger partial charge in [0.25, 0.3) is 0 Å². The molecule has 19 heavy (non-hydrogen) atoms. The van der Waals surface area contributed by atoms with E-state index in [9.17, 15) is 4.39 Å². The molecule has 1 N–H and O–H groups in total. The maximum Gasteiger partial charge on any atom is 0.154 e. The first-order valence-electron chi connectivity index (χ1n) is 5.48. The van der Waals surface area contributed by atoms with Crippen LogP contribution in [0.25, 0.3) is 0 Å². The summed E-state index contributed by atoms with van der Waals surface area (Å²) in [6, 6.07) is 6.27. The predicted molar refractivity (Wildman–Crippen MR) is 80.4 cm³/mol. The zero-order chi connectivity index (χ0) is 14.0. The number of halogens is 4. The van der Waals surface area contributed by atoms with Crippen molar-refractivity contribution in [1.29, 1.82) is 0 Å². The maximum atomic E-state index is 13.0. The second-order valence-corrected chi connectivity index (χ2v) is 5.62. The lowest BCUT2D eigenvalue weighted by Gasteiger charge is -2.12. The number of benzene rings is 1. The highest BCUT2D eigenvalue weighted by atomic mass is 79.9. The van der Waals surface area contributed by atoms with Gasteiger partial charge in [0, 0.05) is 11.0 Å². The van der Waals surface area contributed by atoms with Gasteiger partial charge in [0.1, 0.15) is 11.0 Å². The maximum absolute atomic E-state index is 13.0. The van der Waals surface area contributed by atoms with Crippen molar-refractivity contribution in [3.8, 4) is 0 Å². The molecule has 2 rings (SSSR count). The number of nitrogens with zero attached hydrogens (tertiary/aromatic N) is 1. The van der Waals surface area contributed by atoms with Gasteiger partial charge >= 0.3 is 0 Å². The van der Waals surface area contributed by atoms with Crippen molar-refractivity contribution in [2.45, 2.75) is 13.5 Å². The molecule has 2 aromatic rings. The van der Waals surface area contributed by atoms with Crippen LogP contribution >= 0.6 is 39.1 Å². The molecule has 0 amide bonds. The van der Waals surface area contributed by atoms with E-state index in [1.165, 1.54) is 12.1 Å². The topological polar surface area (TPSA) is 24.9 Å².